The van der Waals surface area contributed by atoms with Gasteiger partial charge in [-0.15, -0.1) is 0 Å². The topological polar surface area (TPSA) is 46.2 Å². The van der Waals surface area contributed by atoms with E-state index in [-0.39, 0.29) is 11.6 Å². The molecule has 1 N–H and O–H groups in total. The number of carbonyl (C=O) groups is 2. The summed E-state index contributed by atoms with van der Waals surface area (Å²) in [5.41, 5.74) is 1.65. The van der Waals surface area contributed by atoms with Crippen LogP contribution in [0.1, 0.15) is 34.6 Å². The molecular formula is C11H13NO2. The van der Waals surface area contributed by atoms with Crippen LogP contribution in [0.2, 0.25) is 0 Å². The lowest BCUT2D eigenvalue weighted by Crippen LogP contribution is -2.07. The molecule has 1 aromatic carbocycles. The van der Waals surface area contributed by atoms with E-state index in [1.807, 2.05) is 0 Å². The van der Waals surface area contributed by atoms with Crippen LogP contribution in [0.5, 0.6) is 0 Å². The minimum Gasteiger partial charge on any atom is -0.388 e. The number of anilines is 1. The summed E-state index contributed by atoms with van der Waals surface area (Å²) in [6.07, 6.45) is 0. The summed E-state index contributed by atoms with van der Waals surface area (Å²) in [4.78, 5) is 22.6. The first-order valence-electron chi connectivity index (χ1n) is 4.40. The predicted molar refractivity (Wildman–Crippen MR) is 56.0 cm³/mol. The van der Waals surface area contributed by atoms with Gasteiger partial charge in [0, 0.05) is 18.3 Å². The highest BCUT2D eigenvalue weighted by atomic mass is 16.1. The van der Waals surface area contributed by atoms with Gasteiger partial charge < -0.3 is 5.32 Å². The third-order valence-corrected chi connectivity index (χ3v) is 2.07. The minimum absolute atomic E-state index is 0.0905. The average Bonchev–Trinajstić information content (AvgIpc) is 2.16. The molecular weight excluding hydrogens is 178 g/mol. The van der Waals surface area contributed by atoms with Crippen molar-refractivity contribution < 1.29 is 9.59 Å². The molecule has 0 aliphatic carbocycles. The van der Waals surface area contributed by atoms with Gasteiger partial charge >= 0.3 is 0 Å². The van der Waals surface area contributed by atoms with Crippen LogP contribution in [-0.2, 0) is 0 Å². The molecule has 1 aromatic rings. The van der Waals surface area contributed by atoms with E-state index in [0.29, 0.717) is 16.8 Å². The molecule has 0 heterocycles. The second-order valence-corrected chi connectivity index (χ2v) is 3.09. The Bertz CT molecular complexity index is 383. The number of nitrogens with one attached hydrogen (secondary N) is 1. The van der Waals surface area contributed by atoms with Gasteiger partial charge in [-0.1, -0.05) is 12.1 Å². The fraction of sp³-hybridized carbons (Fsp3) is 0.273. The van der Waals surface area contributed by atoms with Crippen LogP contribution in [0, 0.1) is 0 Å². The predicted octanol–water partition coefficient (Wildman–Crippen LogP) is 2.13. The second kappa shape index (κ2) is 4.05. The number of rotatable bonds is 3. The Morgan fingerprint density at radius 3 is 2.21 bits per heavy atom. The number of hydrogen-bond acceptors (Lipinski definition) is 3. The molecule has 0 aliphatic heterocycles. The molecule has 0 spiro atoms. The molecule has 0 aromatic heterocycles. The maximum Gasteiger partial charge on any atom is 0.162 e. The van der Waals surface area contributed by atoms with E-state index >= 15 is 0 Å². The smallest absolute Gasteiger partial charge is 0.162 e. The van der Waals surface area contributed by atoms with Gasteiger partial charge in [0.1, 0.15) is 0 Å². The van der Waals surface area contributed by atoms with Gasteiger partial charge in [-0.2, -0.15) is 0 Å². The highest BCUT2D eigenvalue weighted by molar-refractivity contribution is 6.10. The molecule has 0 atom stereocenters. The van der Waals surface area contributed by atoms with Crippen LogP contribution in [-0.4, -0.2) is 18.6 Å². The van der Waals surface area contributed by atoms with Crippen molar-refractivity contribution in [3.05, 3.63) is 29.3 Å². The number of Topliss-reactive ketones (excluding diaryl/α,β-unsaturated/α-hetero) is 2. The van der Waals surface area contributed by atoms with Crippen molar-refractivity contribution in [2.45, 2.75) is 13.8 Å². The van der Waals surface area contributed by atoms with Crippen molar-refractivity contribution in [1.82, 2.24) is 0 Å². The van der Waals surface area contributed by atoms with Gasteiger partial charge in [-0.05, 0) is 19.9 Å². The number of ketones is 2. The molecule has 14 heavy (non-hydrogen) atoms. The first-order valence-corrected chi connectivity index (χ1v) is 4.40. The van der Waals surface area contributed by atoms with Crippen molar-refractivity contribution in [1.29, 1.82) is 0 Å². The average molecular weight is 191 g/mol. The lowest BCUT2D eigenvalue weighted by molar-refractivity contribution is 0.0981. The van der Waals surface area contributed by atoms with Crippen molar-refractivity contribution in [2.24, 2.45) is 0 Å². The summed E-state index contributed by atoms with van der Waals surface area (Å²) in [6, 6.07) is 5.21. The van der Waals surface area contributed by atoms with Gasteiger partial charge in [0.15, 0.2) is 11.6 Å². The molecule has 3 heteroatoms. The van der Waals surface area contributed by atoms with Crippen LogP contribution in [0.15, 0.2) is 18.2 Å². The Balaban J connectivity index is 3.43. The Morgan fingerprint density at radius 2 is 1.79 bits per heavy atom. The van der Waals surface area contributed by atoms with Crippen molar-refractivity contribution >= 4 is 17.3 Å². The van der Waals surface area contributed by atoms with Crippen molar-refractivity contribution in [3.63, 3.8) is 0 Å². The van der Waals surface area contributed by atoms with E-state index in [9.17, 15) is 9.59 Å². The monoisotopic (exact) mass is 191 g/mol. The Labute approximate surface area is 83.1 Å². The van der Waals surface area contributed by atoms with Crippen molar-refractivity contribution in [2.75, 3.05) is 12.4 Å². The van der Waals surface area contributed by atoms with Crippen LogP contribution >= 0.6 is 0 Å². The van der Waals surface area contributed by atoms with E-state index in [4.69, 9.17) is 0 Å². The first kappa shape index (κ1) is 10.4. The molecule has 3 nitrogen and oxygen atoms in total. The Morgan fingerprint density at radius 1 is 1.14 bits per heavy atom. The molecule has 0 unspecified atom stereocenters. The summed E-state index contributed by atoms with van der Waals surface area (Å²) in [5, 5.41) is 2.90. The van der Waals surface area contributed by atoms with Crippen molar-refractivity contribution in [3.8, 4) is 0 Å². The third kappa shape index (κ3) is 1.82. The maximum absolute atomic E-state index is 11.4. The minimum atomic E-state index is -0.0971. The highest BCUT2D eigenvalue weighted by Gasteiger charge is 2.14. The molecule has 0 aliphatic rings. The molecule has 0 saturated carbocycles. The zero-order chi connectivity index (χ0) is 10.7. The van der Waals surface area contributed by atoms with E-state index in [1.54, 1.807) is 25.2 Å². The van der Waals surface area contributed by atoms with Crippen LogP contribution in [0.3, 0.4) is 0 Å². The fourth-order valence-corrected chi connectivity index (χ4v) is 1.43. The molecule has 74 valence electrons. The zero-order valence-corrected chi connectivity index (χ0v) is 8.55. The summed E-state index contributed by atoms with van der Waals surface area (Å²) >= 11 is 0. The summed E-state index contributed by atoms with van der Waals surface area (Å²) in [6.45, 7) is 2.92. The quantitative estimate of drug-likeness (QED) is 0.744. The molecule has 1 rings (SSSR count). The fourth-order valence-electron chi connectivity index (χ4n) is 1.43. The highest BCUT2D eigenvalue weighted by Crippen LogP contribution is 2.20. The summed E-state index contributed by atoms with van der Waals surface area (Å²) in [7, 11) is 1.73. The van der Waals surface area contributed by atoms with Gasteiger partial charge in [0.25, 0.3) is 0 Å². The third-order valence-electron chi connectivity index (χ3n) is 2.07. The molecule has 0 saturated heterocycles. The van der Waals surface area contributed by atoms with Crippen LogP contribution in [0.4, 0.5) is 5.69 Å². The van der Waals surface area contributed by atoms with Crippen LogP contribution < -0.4 is 5.32 Å². The lowest BCUT2D eigenvalue weighted by atomic mass is 9.99. The zero-order valence-electron chi connectivity index (χ0n) is 8.55. The molecule has 0 amide bonds. The van der Waals surface area contributed by atoms with Gasteiger partial charge in [0.05, 0.1) is 5.56 Å². The molecule has 0 fully saturated rings. The Hall–Kier alpha value is -1.64. The lowest BCUT2D eigenvalue weighted by Gasteiger charge is -2.09. The normalized spacial score (nSPS) is 9.64. The molecule has 0 bridgehead atoms. The number of hydrogen-bond donors (Lipinski definition) is 1. The number of benzene rings is 1. The van der Waals surface area contributed by atoms with E-state index in [2.05, 4.69) is 5.32 Å². The maximum atomic E-state index is 11.4. The summed E-state index contributed by atoms with van der Waals surface area (Å²) < 4.78 is 0. The first-order chi connectivity index (χ1) is 6.57. The molecule has 0 radical (unpaired) electrons. The number of carbonyl (C=O) groups excluding carboxylic acids is 2. The standard InChI is InChI=1S/C11H13NO2/c1-7(13)9-5-4-6-10(12-3)11(9)8(2)14/h4-6,12H,1-3H3. The summed E-state index contributed by atoms with van der Waals surface area (Å²) in [5.74, 6) is -0.188. The van der Waals surface area contributed by atoms with Gasteiger partial charge in [-0.3, -0.25) is 9.59 Å². The van der Waals surface area contributed by atoms with E-state index in [0.717, 1.165) is 0 Å². The van der Waals surface area contributed by atoms with Gasteiger partial charge in [-0.25, -0.2) is 0 Å². The second-order valence-electron chi connectivity index (χ2n) is 3.09. The van der Waals surface area contributed by atoms with Gasteiger partial charge in [0.2, 0.25) is 0 Å². The van der Waals surface area contributed by atoms with E-state index < -0.39 is 0 Å². The largest absolute Gasteiger partial charge is 0.388 e. The van der Waals surface area contributed by atoms with Crippen LogP contribution in [0.25, 0.3) is 0 Å². The SMILES string of the molecule is CNc1cccc(C(C)=O)c1C(C)=O. The Kier molecular flexibility index (Phi) is 3.02. The van der Waals surface area contributed by atoms with E-state index in [1.165, 1.54) is 13.8 Å².